The number of aryl methyl sites for hydroxylation is 1. The maximum atomic E-state index is 12.7. The lowest BCUT2D eigenvalue weighted by atomic mass is 10.2. The molecule has 118 valence electrons. The van der Waals surface area contributed by atoms with Crippen molar-refractivity contribution < 1.29 is 13.3 Å². The van der Waals surface area contributed by atoms with Crippen molar-refractivity contribution in [3.05, 3.63) is 27.8 Å². The largest absolute Gasteiger partial charge is 0.393 e. The molecule has 0 bridgehead atoms. The summed E-state index contributed by atoms with van der Waals surface area (Å²) in [6.07, 6.45) is 0.656. The number of sulfonamides is 1. The Bertz CT molecular complexity index is 643. The number of nitro groups is 1. The number of nitrogens with zero attached hydrogens (tertiary/aromatic N) is 2. The number of nitrogens with two attached hydrogens (primary N) is 1. The monoisotopic (exact) mass is 315 g/mol. The van der Waals surface area contributed by atoms with Gasteiger partial charge in [-0.2, -0.15) is 4.31 Å². The molecule has 8 heteroatoms. The van der Waals surface area contributed by atoms with E-state index >= 15 is 0 Å². The van der Waals surface area contributed by atoms with E-state index in [1.54, 1.807) is 13.8 Å². The molecule has 0 saturated heterocycles. The highest BCUT2D eigenvalue weighted by atomic mass is 32.2. The van der Waals surface area contributed by atoms with Crippen LogP contribution in [0.4, 0.5) is 11.4 Å². The van der Waals surface area contributed by atoms with Gasteiger partial charge in [-0.05, 0) is 31.9 Å². The molecule has 1 aromatic rings. The average Bonchev–Trinajstić information content (AvgIpc) is 2.37. The summed E-state index contributed by atoms with van der Waals surface area (Å²) >= 11 is 0. The zero-order valence-corrected chi connectivity index (χ0v) is 13.5. The summed E-state index contributed by atoms with van der Waals surface area (Å²) in [5.41, 5.74) is 5.55. The lowest BCUT2D eigenvalue weighted by Crippen LogP contribution is -2.38. The van der Waals surface area contributed by atoms with Crippen LogP contribution in [0.2, 0.25) is 0 Å². The summed E-state index contributed by atoms with van der Waals surface area (Å²) in [6, 6.07) is 2.19. The first kappa shape index (κ1) is 17.4. The minimum atomic E-state index is -3.79. The van der Waals surface area contributed by atoms with Crippen LogP contribution in [-0.2, 0) is 10.0 Å². The van der Waals surface area contributed by atoms with Gasteiger partial charge >= 0.3 is 0 Å². The van der Waals surface area contributed by atoms with E-state index < -0.39 is 14.9 Å². The van der Waals surface area contributed by atoms with Crippen molar-refractivity contribution in [3.63, 3.8) is 0 Å². The molecule has 21 heavy (non-hydrogen) atoms. The zero-order chi connectivity index (χ0) is 16.4. The van der Waals surface area contributed by atoms with Gasteiger partial charge in [-0.1, -0.05) is 13.8 Å². The van der Waals surface area contributed by atoms with Gasteiger partial charge in [0.1, 0.15) is 5.69 Å². The first-order chi connectivity index (χ1) is 9.66. The van der Waals surface area contributed by atoms with Crippen LogP contribution in [0.1, 0.15) is 32.8 Å². The Kier molecular flexibility index (Phi) is 5.30. The number of anilines is 1. The second-order valence-corrected chi connectivity index (χ2v) is 6.76. The van der Waals surface area contributed by atoms with E-state index in [-0.39, 0.29) is 22.3 Å². The molecule has 0 aromatic heterocycles. The maximum Gasteiger partial charge on any atom is 0.293 e. The minimum Gasteiger partial charge on any atom is -0.393 e. The lowest BCUT2D eigenvalue weighted by Gasteiger charge is -2.27. The molecule has 0 aliphatic carbocycles. The first-order valence-corrected chi connectivity index (χ1v) is 8.17. The number of benzene rings is 1. The molecule has 0 heterocycles. The highest BCUT2D eigenvalue weighted by Crippen LogP contribution is 2.30. The second kappa shape index (κ2) is 6.40. The Labute approximate surface area is 124 Å². The van der Waals surface area contributed by atoms with E-state index in [1.807, 2.05) is 13.8 Å². The van der Waals surface area contributed by atoms with Gasteiger partial charge in [0, 0.05) is 18.7 Å². The smallest absolute Gasteiger partial charge is 0.293 e. The van der Waals surface area contributed by atoms with Crippen LogP contribution in [-0.4, -0.2) is 30.2 Å². The summed E-state index contributed by atoms with van der Waals surface area (Å²) < 4.78 is 26.8. The predicted molar refractivity (Wildman–Crippen MR) is 81.6 cm³/mol. The number of hydrogen-bond acceptors (Lipinski definition) is 5. The molecule has 2 N–H and O–H groups in total. The normalized spacial score (nSPS) is 13.4. The van der Waals surface area contributed by atoms with Gasteiger partial charge in [0.25, 0.3) is 5.69 Å². The molecular formula is C13H21N3O4S. The molecule has 7 nitrogen and oxygen atoms in total. The molecule has 1 unspecified atom stereocenters. The third kappa shape index (κ3) is 3.33. The predicted octanol–water partition coefficient (Wildman–Crippen LogP) is 2.29. The molecule has 0 amide bonds. The Balaban J connectivity index is 3.50. The fourth-order valence-electron chi connectivity index (χ4n) is 2.18. The van der Waals surface area contributed by atoms with E-state index in [1.165, 1.54) is 10.4 Å². The Morgan fingerprint density at radius 2 is 1.95 bits per heavy atom. The number of hydrogen-bond donors (Lipinski definition) is 1. The zero-order valence-electron chi connectivity index (χ0n) is 12.7. The molecule has 0 spiro atoms. The van der Waals surface area contributed by atoms with Gasteiger partial charge in [0.05, 0.1) is 9.82 Å². The fraction of sp³-hybridized carbons (Fsp3) is 0.538. The van der Waals surface area contributed by atoms with Gasteiger partial charge in [-0.25, -0.2) is 8.42 Å². The molecule has 0 aliphatic heterocycles. The van der Waals surface area contributed by atoms with Crippen molar-refractivity contribution in [2.24, 2.45) is 0 Å². The molecule has 0 fully saturated rings. The third-order valence-electron chi connectivity index (χ3n) is 3.50. The summed E-state index contributed by atoms with van der Waals surface area (Å²) in [5, 5.41) is 11.0. The lowest BCUT2D eigenvalue weighted by molar-refractivity contribution is -0.384. The molecule has 1 atom stereocenters. The quantitative estimate of drug-likeness (QED) is 0.492. The number of rotatable bonds is 6. The van der Waals surface area contributed by atoms with Crippen molar-refractivity contribution in [1.29, 1.82) is 0 Å². The first-order valence-electron chi connectivity index (χ1n) is 6.73. The standard InChI is InChI=1S/C13H21N3O4S/c1-5-10(4)15(6-2)21(19,20)13-8-12(16(17)18)11(14)7-9(13)3/h7-8,10H,5-6,14H2,1-4H3. The van der Waals surface area contributed by atoms with Crippen molar-refractivity contribution >= 4 is 21.4 Å². The molecule has 0 saturated carbocycles. The summed E-state index contributed by atoms with van der Waals surface area (Å²) in [7, 11) is -3.79. The number of nitro benzene ring substituents is 1. The van der Waals surface area contributed by atoms with Crippen LogP contribution in [0, 0.1) is 17.0 Å². The fourth-order valence-corrected chi connectivity index (χ4v) is 4.13. The second-order valence-electron chi connectivity index (χ2n) is 4.90. The van der Waals surface area contributed by atoms with E-state index in [4.69, 9.17) is 5.73 Å². The third-order valence-corrected chi connectivity index (χ3v) is 5.73. The van der Waals surface area contributed by atoms with Crippen molar-refractivity contribution in [2.75, 3.05) is 12.3 Å². The molecule has 1 aromatic carbocycles. The summed E-state index contributed by atoms with van der Waals surface area (Å²) in [4.78, 5) is 10.2. The number of nitrogen functional groups attached to an aromatic ring is 1. The SMILES string of the molecule is CCC(C)N(CC)S(=O)(=O)c1cc([N+](=O)[O-])c(N)cc1C. The maximum absolute atomic E-state index is 12.7. The van der Waals surface area contributed by atoms with E-state index in [2.05, 4.69) is 0 Å². The van der Waals surface area contributed by atoms with Crippen LogP contribution >= 0.6 is 0 Å². The van der Waals surface area contributed by atoms with E-state index in [0.717, 1.165) is 6.07 Å². The Morgan fingerprint density at radius 3 is 2.38 bits per heavy atom. The molecule has 0 radical (unpaired) electrons. The van der Waals surface area contributed by atoms with Gasteiger partial charge in [-0.3, -0.25) is 10.1 Å². The van der Waals surface area contributed by atoms with Crippen LogP contribution in [0.5, 0.6) is 0 Å². The van der Waals surface area contributed by atoms with Crippen LogP contribution in [0.3, 0.4) is 0 Å². The highest BCUT2D eigenvalue weighted by molar-refractivity contribution is 7.89. The minimum absolute atomic E-state index is 0.0389. The van der Waals surface area contributed by atoms with Gasteiger partial charge < -0.3 is 5.73 Å². The highest BCUT2D eigenvalue weighted by Gasteiger charge is 2.30. The Hall–Kier alpha value is -1.67. The molecular weight excluding hydrogens is 294 g/mol. The topological polar surface area (TPSA) is 107 Å². The van der Waals surface area contributed by atoms with Crippen LogP contribution in [0.25, 0.3) is 0 Å². The van der Waals surface area contributed by atoms with Crippen LogP contribution in [0.15, 0.2) is 17.0 Å². The molecule has 0 aliphatic rings. The van der Waals surface area contributed by atoms with Gasteiger partial charge in [0.15, 0.2) is 0 Å². The van der Waals surface area contributed by atoms with Crippen LogP contribution < -0.4 is 5.73 Å². The van der Waals surface area contributed by atoms with E-state index in [9.17, 15) is 18.5 Å². The van der Waals surface area contributed by atoms with Gasteiger partial charge in [-0.15, -0.1) is 0 Å². The molecule has 1 rings (SSSR count). The van der Waals surface area contributed by atoms with Crippen molar-refractivity contribution in [2.45, 2.75) is 45.1 Å². The van der Waals surface area contributed by atoms with Crippen molar-refractivity contribution in [3.8, 4) is 0 Å². The average molecular weight is 315 g/mol. The van der Waals surface area contributed by atoms with Gasteiger partial charge in [0.2, 0.25) is 10.0 Å². The summed E-state index contributed by atoms with van der Waals surface area (Å²) in [5.74, 6) is 0. The Morgan fingerprint density at radius 1 is 1.38 bits per heavy atom. The van der Waals surface area contributed by atoms with E-state index in [0.29, 0.717) is 18.5 Å². The summed E-state index contributed by atoms with van der Waals surface area (Å²) in [6.45, 7) is 7.32. The van der Waals surface area contributed by atoms with Crippen molar-refractivity contribution in [1.82, 2.24) is 4.31 Å².